The molecule has 0 aliphatic carbocycles. The lowest BCUT2D eigenvalue weighted by atomic mass is 10.1. The summed E-state index contributed by atoms with van der Waals surface area (Å²) in [6.45, 7) is 6.87. The molecule has 126 valence electrons. The molecule has 4 atom stereocenters. The lowest BCUT2D eigenvalue weighted by Crippen LogP contribution is -2.46. The summed E-state index contributed by atoms with van der Waals surface area (Å²) in [6.07, 6.45) is 2.14. The third-order valence-corrected chi connectivity index (χ3v) is 4.84. The molecule has 0 bridgehead atoms. The zero-order valence-electron chi connectivity index (χ0n) is 14.0. The van der Waals surface area contributed by atoms with E-state index in [4.69, 9.17) is 4.74 Å². The van der Waals surface area contributed by atoms with Crippen molar-refractivity contribution in [2.45, 2.75) is 50.9 Å². The van der Waals surface area contributed by atoms with Gasteiger partial charge in [-0.05, 0) is 25.3 Å². The number of rotatable bonds is 4. The molecule has 2 aliphatic heterocycles. The Hall–Kier alpha value is -1.59. The van der Waals surface area contributed by atoms with Gasteiger partial charge >= 0.3 is 6.03 Å². The predicted molar refractivity (Wildman–Crippen MR) is 90.3 cm³/mol. The largest absolute Gasteiger partial charge is 0.376 e. The first-order valence-corrected chi connectivity index (χ1v) is 8.63. The van der Waals surface area contributed by atoms with E-state index < -0.39 is 0 Å². The molecule has 1 aromatic rings. The molecule has 0 aromatic heterocycles. The maximum absolute atomic E-state index is 12.3. The number of amides is 2. The van der Waals surface area contributed by atoms with E-state index in [0.717, 1.165) is 38.1 Å². The van der Waals surface area contributed by atoms with Gasteiger partial charge in [0.05, 0.1) is 18.8 Å². The first kappa shape index (κ1) is 16.3. The van der Waals surface area contributed by atoms with Crippen LogP contribution in [0.2, 0.25) is 0 Å². The topological polar surface area (TPSA) is 53.6 Å². The monoisotopic (exact) mass is 317 g/mol. The van der Waals surface area contributed by atoms with Crippen LogP contribution >= 0.6 is 0 Å². The second-order valence-corrected chi connectivity index (χ2v) is 6.67. The summed E-state index contributed by atoms with van der Waals surface area (Å²) < 4.78 is 5.71. The van der Waals surface area contributed by atoms with Crippen LogP contribution in [0.1, 0.15) is 38.3 Å². The fraction of sp³-hybridized carbons (Fsp3) is 0.611. The number of carbonyl (C=O) groups is 1. The van der Waals surface area contributed by atoms with Crippen molar-refractivity contribution >= 4 is 6.03 Å². The normalized spacial score (nSPS) is 28.9. The highest BCUT2D eigenvalue weighted by molar-refractivity contribution is 5.74. The van der Waals surface area contributed by atoms with Gasteiger partial charge in [0, 0.05) is 25.2 Å². The fourth-order valence-corrected chi connectivity index (χ4v) is 3.64. The van der Waals surface area contributed by atoms with Crippen molar-refractivity contribution in [3.05, 3.63) is 35.9 Å². The van der Waals surface area contributed by atoms with Crippen LogP contribution in [0.25, 0.3) is 0 Å². The number of fused-ring (bicyclic) bond motifs is 1. The van der Waals surface area contributed by atoms with Gasteiger partial charge in [0.25, 0.3) is 0 Å². The minimum absolute atomic E-state index is 0.0588. The number of hydrogen-bond donors (Lipinski definition) is 2. The SMILES string of the molecule is CC[C@H](NC(=O)N[C@H]1C[C@H]2CO[C@H](C)CN2C1)c1ccccc1. The Morgan fingerprint density at radius 3 is 2.87 bits per heavy atom. The van der Waals surface area contributed by atoms with Crippen LogP contribution in [0.4, 0.5) is 4.79 Å². The summed E-state index contributed by atoms with van der Waals surface area (Å²) in [5, 5.41) is 6.24. The Bertz CT molecular complexity index is 522. The van der Waals surface area contributed by atoms with Crippen molar-refractivity contribution in [1.29, 1.82) is 0 Å². The van der Waals surface area contributed by atoms with Gasteiger partial charge in [-0.3, -0.25) is 4.90 Å². The van der Waals surface area contributed by atoms with Gasteiger partial charge in [-0.25, -0.2) is 4.79 Å². The van der Waals surface area contributed by atoms with Crippen LogP contribution in [0.15, 0.2) is 30.3 Å². The Morgan fingerprint density at radius 1 is 1.35 bits per heavy atom. The molecule has 0 spiro atoms. The van der Waals surface area contributed by atoms with E-state index in [-0.39, 0.29) is 18.1 Å². The van der Waals surface area contributed by atoms with Crippen molar-refractivity contribution in [2.75, 3.05) is 19.7 Å². The minimum Gasteiger partial charge on any atom is -0.376 e. The Balaban J connectivity index is 1.51. The highest BCUT2D eigenvalue weighted by atomic mass is 16.5. The summed E-state index contributed by atoms with van der Waals surface area (Å²) >= 11 is 0. The van der Waals surface area contributed by atoms with E-state index in [0.29, 0.717) is 12.1 Å². The smallest absolute Gasteiger partial charge is 0.315 e. The second kappa shape index (κ2) is 7.32. The van der Waals surface area contributed by atoms with Crippen LogP contribution in [0.5, 0.6) is 0 Å². The van der Waals surface area contributed by atoms with E-state index in [9.17, 15) is 4.79 Å². The molecule has 23 heavy (non-hydrogen) atoms. The number of morpholine rings is 1. The lowest BCUT2D eigenvalue weighted by molar-refractivity contribution is -0.0390. The van der Waals surface area contributed by atoms with Crippen molar-refractivity contribution in [3.63, 3.8) is 0 Å². The van der Waals surface area contributed by atoms with Crippen LogP contribution in [-0.4, -0.2) is 48.8 Å². The Kier molecular flexibility index (Phi) is 5.18. The second-order valence-electron chi connectivity index (χ2n) is 6.67. The number of urea groups is 1. The molecular formula is C18H27N3O2. The first-order chi connectivity index (χ1) is 11.2. The molecule has 2 heterocycles. The summed E-state index contributed by atoms with van der Waals surface area (Å²) in [6, 6.07) is 10.8. The molecule has 0 radical (unpaired) electrons. The van der Waals surface area contributed by atoms with Crippen LogP contribution in [0, 0.1) is 0 Å². The van der Waals surface area contributed by atoms with Gasteiger partial charge < -0.3 is 15.4 Å². The highest BCUT2D eigenvalue weighted by Gasteiger charge is 2.36. The summed E-state index contributed by atoms with van der Waals surface area (Å²) in [5.74, 6) is 0. The number of hydrogen-bond acceptors (Lipinski definition) is 3. The van der Waals surface area contributed by atoms with Gasteiger partial charge in [-0.15, -0.1) is 0 Å². The summed E-state index contributed by atoms with van der Waals surface area (Å²) in [7, 11) is 0. The van der Waals surface area contributed by atoms with Crippen LogP contribution in [-0.2, 0) is 4.74 Å². The number of benzene rings is 1. The van der Waals surface area contributed by atoms with Crippen molar-refractivity contribution < 1.29 is 9.53 Å². The van der Waals surface area contributed by atoms with Crippen molar-refractivity contribution in [2.24, 2.45) is 0 Å². The van der Waals surface area contributed by atoms with Gasteiger partial charge in [-0.2, -0.15) is 0 Å². The zero-order chi connectivity index (χ0) is 16.2. The molecule has 2 amide bonds. The number of carbonyl (C=O) groups excluding carboxylic acids is 1. The number of nitrogens with zero attached hydrogens (tertiary/aromatic N) is 1. The average Bonchev–Trinajstić information content (AvgIpc) is 2.94. The molecule has 2 saturated heterocycles. The van der Waals surface area contributed by atoms with E-state index in [1.165, 1.54) is 0 Å². The molecule has 2 aliphatic rings. The molecule has 5 heteroatoms. The molecule has 1 aromatic carbocycles. The Morgan fingerprint density at radius 2 is 2.13 bits per heavy atom. The van der Waals surface area contributed by atoms with E-state index in [2.05, 4.69) is 41.5 Å². The molecule has 2 N–H and O–H groups in total. The molecule has 5 nitrogen and oxygen atoms in total. The minimum atomic E-state index is -0.0699. The van der Waals surface area contributed by atoms with E-state index in [1.54, 1.807) is 0 Å². The number of ether oxygens (including phenoxy) is 1. The summed E-state index contributed by atoms with van der Waals surface area (Å²) in [4.78, 5) is 14.8. The van der Waals surface area contributed by atoms with Gasteiger partial charge in [0.2, 0.25) is 0 Å². The van der Waals surface area contributed by atoms with E-state index in [1.807, 2.05) is 18.2 Å². The quantitative estimate of drug-likeness (QED) is 0.896. The van der Waals surface area contributed by atoms with Crippen molar-refractivity contribution in [1.82, 2.24) is 15.5 Å². The van der Waals surface area contributed by atoms with Crippen LogP contribution < -0.4 is 10.6 Å². The molecular weight excluding hydrogens is 290 g/mol. The standard InChI is InChI=1S/C18H27N3O2/c1-3-17(14-7-5-4-6-8-14)20-18(22)19-15-9-16-12-23-13(2)10-21(16)11-15/h4-8,13,15-17H,3,9-12H2,1-2H3,(H2,19,20,22)/t13-,15+,16+,17+/m1/s1. The van der Waals surface area contributed by atoms with Gasteiger partial charge in [0.15, 0.2) is 0 Å². The van der Waals surface area contributed by atoms with Gasteiger partial charge in [-0.1, -0.05) is 37.3 Å². The maximum atomic E-state index is 12.3. The first-order valence-electron chi connectivity index (χ1n) is 8.63. The van der Waals surface area contributed by atoms with Crippen LogP contribution in [0.3, 0.4) is 0 Å². The van der Waals surface area contributed by atoms with E-state index >= 15 is 0 Å². The average molecular weight is 317 g/mol. The summed E-state index contributed by atoms with van der Waals surface area (Å²) in [5.41, 5.74) is 1.15. The third kappa shape index (κ3) is 4.03. The number of nitrogens with one attached hydrogen (secondary N) is 2. The molecule has 2 fully saturated rings. The van der Waals surface area contributed by atoms with Crippen molar-refractivity contribution in [3.8, 4) is 0 Å². The van der Waals surface area contributed by atoms with Gasteiger partial charge in [0.1, 0.15) is 0 Å². The maximum Gasteiger partial charge on any atom is 0.315 e. The molecule has 0 saturated carbocycles. The lowest BCUT2D eigenvalue weighted by Gasteiger charge is -2.33. The molecule has 0 unspecified atom stereocenters. The predicted octanol–water partition coefficient (Wildman–Crippen LogP) is 2.30. The molecule has 3 rings (SSSR count). The zero-order valence-corrected chi connectivity index (χ0v) is 14.0. The Labute approximate surface area is 138 Å². The fourth-order valence-electron chi connectivity index (χ4n) is 3.64. The highest BCUT2D eigenvalue weighted by Crippen LogP contribution is 2.23. The third-order valence-electron chi connectivity index (χ3n) is 4.84.